The Hall–Kier alpha value is -2.14. The van der Waals surface area contributed by atoms with E-state index < -0.39 is 11.6 Å². The molecule has 1 amide bonds. The molecule has 2 aromatic rings. The largest absolute Gasteiger partial charge is 0.399 e. The van der Waals surface area contributed by atoms with Crippen LogP contribution in [0.5, 0.6) is 0 Å². The Morgan fingerprint density at radius 3 is 2.57 bits per heavy atom. The molecule has 3 nitrogen and oxygen atoms in total. The molecule has 21 heavy (non-hydrogen) atoms. The second-order valence-corrected chi connectivity index (χ2v) is 5.06. The van der Waals surface area contributed by atoms with E-state index in [1.165, 1.54) is 23.1 Å². The van der Waals surface area contributed by atoms with E-state index in [2.05, 4.69) is 0 Å². The third-order valence-electron chi connectivity index (χ3n) is 2.97. The fraction of sp³-hybridized carbons (Fsp3) is 0.133. The van der Waals surface area contributed by atoms with Crippen LogP contribution in [0.1, 0.15) is 15.9 Å². The van der Waals surface area contributed by atoms with E-state index in [0.29, 0.717) is 11.3 Å². The molecule has 0 saturated carbocycles. The molecule has 0 saturated heterocycles. The zero-order chi connectivity index (χ0) is 15.6. The summed E-state index contributed by atoms with van der Waals surface area (Å²) in [5.74, 6) is -2.22. The van der Waals surface area contributed by atoms with Crippen molar-refractivity contribution in [2.24, 2.45) is 0 Å². The summed E-state index contributed by atoms with van der Waals surface area (Å²) < 4.78 is 26.0. The molecule has 0 fully saturated rings. The molecule has 0 unspecified atom stereocenters. The smallest absolute Gasteiger partial charge is 0.255 e. The SMILES string of the molecule is CN(Cc1ccc(F)c(F)c1)C(=O)c1cc(N)ccc1Cl. The number of hydrogen-bond acceptors (Lipinski definition) is 2. The van der Waals surface area contributed by atoms with Gasteiger partial charge in [0, 0.05) is 19.3 Å². The Balaban J connectivity index is 2.19. The summed E-state index contributed by atoms with van der Waals surface area (Å²) in [5, 5.41) is 0.284. The summed E-state index contributed by atoms with van der Waals surface area (Å²) in [7, 11) is 1.54. The number of rotatable bonds is 3. The van der Waals surface area contributed by atoms with E-state index in [1.807, 2.05) is 0 Å². The molecule has 110 valence electrons. The monoisotopic (exact) mass is 310 g/mol. The Kier molecular flexibility index (Phi) is 4.43. The second kappa shape index (κ2) is 6.10. The van der Waals surface area contributed by atoms with Crippen LogP contribution in [-0.4, -0.2) is 17.9 Å². The first kappa shape index (κ1) is 15.3. The number of nitrogens with zero attached hydrogens (tertiary/aromatic N) is 1. The maximum Gasteiger partial charge on any atom is 0.255 e. The highest BCUT2D eigenvalue weighted by atomic mass is 35.5. The predicted molar refractivity (Wildman–Crippen MR) is 78.0 cm³/mol. The lowest BCUT2D eigenvalue weighted by Crippen LogP contribution is -2.26. The van der Waals surface area contributed by atoms with Crippen LogP contribution in [0.2, 0.25) is 5.02 Å². The van der Waals surface area contributed by atoms with Crippen molar-refractivity contribution in [1.82, 2.24) is 4.90 Å². The minimum Gasteiger partial charge on any atom is -0.399 e. The molecule has 2 rings (SSSR count). The number of nitrogen functional groups attached to an aromatic ring is 1. The number of halogens is 3. The summed E-state index contributed by atoms with van der Waals surface area (Å²) in [6.45, 7) is 0.126. The van der Waals surface area contributed by atoms with Crippen LogP contribution >= 0.6 is 11.6 Å². The molecule has 0 aliphatic rings. The Labute approximate surface area is 125 Å². The van der Waals surface area contributed by atoms with E-state index in [9.17, 15) is 13.6 Å². The standard InChI is InChI=1S/C15H13ClF2N2O/c1-20(8-9-2-5-13(17)14(18)6-9)15(21)11-7-10(19)3-4-12(11)16/h2-7H,8,19H2,1H3. The predicted octanol–water partition coefficient (Wildman–Crippen LogP) is 3.47. The molecule has 2 aromatic carbocycles. The van der Waals surface area contributed by atoms with Crippen LogP contribution in [0.4, 0.5) is 14.5 Å². The number of carbonyl (C=O) groups is 1. The van der Waals surface area contributed by atoms with Crippen molar-refractivity contribution >= 4 is 23.2 Å². The Morgan fingerprint density at radius 2 is 1.90 bits per heavy atom. The first-order valence-electron chi connectivity index (χ1n) is 6.13. The molecule has 0 heterocycles. The summed E-state index contributed by atoms with van der Waals surface area (Å²) in [6, 6.07) is 8.11. The van der Waals surface area contributed by atoms with E-state index >= 15 is 0 Å². The van der Waals surface area contributed by atoms with Gasteiger partial charge in [-0.1, -0.05) is 17.7 Å². The first-order chi connectivity index (χ1) is 9.88. The molecule has 6 heteroatoms. The van der Waals surface area contributed by atoms with Gasteiger partial charge in [0.2, 0.25) is 0 Å². The van der Waals surface area contributed by atoms with Gasteiger partial charge in [-0.2, -0.15) is 0 Å². The molecular weight excluding hydrogens is 298 g/mol. The lowest BCUT2D eigenvalue weighted by atomic mass is 10.1. The number of carbonyl (C=O) groups excluding carboxylic acids is 1. The Bertz CT molecular complexity index is 691. The van der Waals surface area contributed by atoms with Gasteiger partial charge in [-0.15, -0.1) is 0 Å². The zero-order valence-corrected chi connectivity index (χ0v) is 12.0. The highest BCUT2D eigenvalue weighted by molar-refractivity contribution is 6.33. The number of amides is 1. The van der Waals surface area contributed by atoms with Crippen LogP contribution in [0.3, 0.4) is 0 Å². The Morgan fingerprint density at radius 1 is 1.19 bits per heavy atom. The molecule has 0 bridgehead atoms. The highest BCUT2D eigenvalue weighted by Crippen LogP contribution is 2.21. The average molecular weight is 311 g/mol. The topological polar surface area (TPSA) is 46.3 Å². The van der Waals surface area contributed by atoms with E-state index in [-0.39, 0.29) is 23.0 Å². The third-order valence-corrected chi connectivity index (χ3v) is 3.30. The van der Waals surface area contributed by atoms with Crippen LogP contribution in [-0.2, 0) is 6.54 Å². The van der Waals surface area contributed by atoms with Gasteiger partial charge in [-0.25, -0.2) is 8.78 Å². The van der Waals surface area contributed by atoms with Crippen molar-refractivity contribution in [3.05, 3.63) is 64.2 Å². The normalized spacial score (nSPS) is 10.5. The summed E-state index contributed by atoms with van der Waals surface area (Å²) in [4.78, 5) is 13.6. The van der Waals surface area contributed by atoms with Gasteiger partial charge in [0.05, 0.1) is 10.6 Å². The van der Waals surface area contributed by atoms with Crippen LogP contribution in [0, 0.1) is 11.6 Å². The van der Waals surface area contributed by atoms with E-state index in [4.69, 9.17) is 17.3 Å². The minimum atomic E-state index is -0.949. The first-order valence-corrected chi connectivity index (χ1v) is 6.50. The van der Waals surface area contributed by atoms with Crippen LogP contribution in [0.15, 0.2) is 36.4 Å². The molecular formula is C15H13ClF2N2O. The maximum absolute atomic E-state index is 13.2. The van der Waals surface area contributed by atoms with Gasteiger partial charge >= 0.3 is 0 Å². The van der Waals surface area contributed by atoms with Crippen molar-refractivity contribution in [2.75, 3.05) is 12.8 Å². The van der Waals surface area contributed by atoms with Crippen molar-refractivity contribution in [2.45, 2.75) is 6.54 Å². The molecule has 0 atom stereocenters. The molecule has 0 spiro atoms. The number of anilines is 1. The summed E-state index contributed by atoms with van der Waals surface area (Å²) in [6.07, 6.45) is 0. The zero-order valence-electron chi connectivity index (χ0n) is 11.2. The van der Waals surface area contributed by atoms with Gasteiger partial charge in [-0.3, -0.25) is 4.79 Å². The van der Waals surface area contributed by atoms with Crippen LogP contribution in [0.25, 0.3) is 0 Å². The lowest BCUT2D eigenvalue weighted by Gasteiger charge is -2.18. The van der Waals surface area contributed by atoms with Crippen molar-refractivity contribution in [3.63, 3.8) is 0 Å². The lowest BCUT2D eigenvalue weighted by molar-refractivity contribution is 0.0785. The molecule has 0 aromatic heterocycles. The van der Waals surface area contributed by atoms with Gasteiger partial charge in [0.1, 0.15) is 0 Å². The fourth-order valence-electron chi connectivity index (χ4n) is 1.90. The van der Waals surface area contributed by atoms with Crippen molar-refractivity contribution in [3.8, 4) is 0 Å². The molecule has 0 aliphatic heterocycles. The van der Waals surface area contributed by atoms with Crippen LogP contribution < -0.4 is 5.73 Å². The number of nitrogens with two attached hydrogens (primary N) is 1. The van der Waals surface area contributed by atoms with E-state index in [1.54, 1.807) is 13.1 Å². The van der Waals surface area contributed by atoms with Crippen molar-refractivity contribution < 1.29 is 13.6 Å². The third kappa shape index (κ3) is 3.49. The van der Waals surface area contributed by atoms with E-state index in [0.717, 1.165) is 12.1 Å². The minimum absolute atomic E-state index is 0.126. The second-order valence-electron chi connectivity index (χ2n) is 4.65. The fourth-order valence-corrected chi connectivity index (χ4v) is 2.09. The maximum atomic E-state index is 13.2. The molecule has 0 radical (unpaired) electrons. The summed E-state index contributed by atoms with van der Waals surface area (Å²) in [5.41, 5.74) is 6.80. The van der Waals surface area contributed by atoms with Crippen molar-refractivity contribution in [1.29, 1.82) is 0 Å². The number of hydrogen-bond donors (Lipinski definition) is 1. The van der Waals surface area contributed by atoms with Gasteiger partial charge in [0.15, 0.2) is 11.6 Å². The molecule has 0 aliphatic carbocycles. The molecule has 2 N–H and O–H groups in total. The average Bonchev–Trinajstić information content (AvgIpc) is 2.44. The highest BCUT2D eigenvalue weighted by Gasteiger charge is 2.16. The quantitative estimate of drug-likeness (QED) is 0.882. The van der Waals surface area contributed by atoms with Gasteiger partial charge in [0.25, 0.3) is 5.91 Å². The number of benzene rings is 2. The van der Waals surface area contributed by atoms with Gasteiger partial charge in [-0.05, 0) is 35.9 Å². The summed E-state index contributed by atoms with van der Waals surface area (Å²) >= 11 is 5.97. The van der Waals surface area contributed by atoms with Gasteiger partial charge < -0.3 is 10.6 Å².